The van der Waals surface area contributed by atoms with Crippen molar-refractivity contribution in [3.05, 3.63) is 26.9 Å². The summed E-state index contributed by atoms with van der Waals surface area (Å²) in [6.45, 7) is 1.95. The number of carbonyl (C=O) groups excluding carboxylic acids is 1. The van der Waals surface area contributed by atoms with Gasteiger partial charge in [0.15, 0.2) is 0 Å². The first-order valence-corrected chi connectivity index (χ1v) is 8.34. The molecule has 1 amide bonds. The first kappa shape index (κ1) is 15.8. The molecule has 100 valence electrons. The van der Waals surface area contributed by atoms with Crippen molar-refractivity contribution in [2.75, 3.05) is 12.9 Å². The van der Waals surface area contributed by atoms with Gasteiger partial charge in [-0.2, -0.15) is 11.8 Å². The molecular formula is C12H16BrNO2S2. The third-order valence-corrected chi connectivity index (χ3v) is 5.15. The molecule has 18 heavy (non-hydrogen) atoms. The smallest absolute Gasteiger partial charge is 0.244 e. The minimum atomic E-state index is -0.139. The second kappa shape index (κ2) is 7.99. The van der Waals surface area contributed by atoms with Crippen LogP contribution in [0, 0.1) is 0 Å². The number of aliphatic hydroxyl groups excluding tert-OH is 1. The van der Waals surface area contributed by atoms with Crippen LogP contribution < -0.4 is 5.32 Å². The lowest BCUT2D eigenvalue weighted by Gasteiger charge is -2.20. The average molecular weight is 350 g/mol. The van der Waals surface area contributed by atoms with Gasteiger partial charge in [-0.05, 0) is 47.3 Å². The van der Waals surface area contributed by atoms with Crippen LogP contribution in [0.2, 0.25) is 0 Å². The number of aliphatic hydroxyl groups is 1. The van der Waals surface area contributed by atoms with E-state index in [9.17, 15) is 4.79 Å². The van der Waals surface area contributed by atoms with Crippen molar-refractivity contribution in [3.8, 4) is 0 Å². The number of carbonyl (C=O) groups is 1. The number of hydrogen-bond acceptors (Lipinski definition) is 4. The number of thiophene rings is 1. The fraction of sp³-hybridized carbons (Fsp3) is 0.417. The molecule has 0 bridgehead atoms. The maximum absolute atomic E-state index is 11.7. The van der Waals surface area contributed by atoms with E-state index >= 15 is 0 Å². The summed E-state index contributed by atoms with van der Waals surface area (Å²) in [7, 11) is 0. The van der Waals surface area contributed by atoms with E-state index in [1.807, 2.05) is 25.3 Å². The summed E-state index contributed by atoms with van der Waals surface area (Å²) in [5.74, 6) is -0.139. The molecule has 6 heteroatoms. The van der Waals surface area contributed by atoms with Gasteiger partial charge in [-0.1, -0.05) is 0 Å². The van der Waals surface area contributed by atoms with E-state index in [2.05, 4.69) is 21.2 Å². The Morgan fingerprint density at radius 2 is 2.39 bits per heavy atom. The van der Waals surface area contributed by atoms with Crippen LogP contribution in [0.4, 0.5) is 0 Å². The van der Waals surface area contributed by atoms with Crippen molar-refractivity contribution in [3.63, 3.8) is 0 Å². The summed E-state index contributed by atoms with van der Waals surface area (Å²) in [6, 6.07) is 3.83. The summed E-state index contributed by atoms with van der Waals surface area (Å²) in [5, 5.41) is 12.0. The zero-order valence-electron chi connectivity index (χ0n) is 10.2. The van der Waals surface area contributed by atoms with E-state index in [-0.39, 0.29) is 23.8 Å². The maximum Gasteiger partial charge on any atom is 0.244 e. The third kappa shape index (κ3) is 5.14. The molecule has 1 heterocycles. The number of rotatable bonds is 6. The Balaban J connectivity index is 2.48. The molecular weight excluding hydrogens is 334 g/mol. The van der Waals surface area contributed by atoms with Crippen molar-refractivity contribution in [1.29, 1.82) is 0 Å². The Kier molecular flexibility index (Phi) is 6.99. The molecule has 2 atom stereocenters. The SMILES string of the molecule is CSC(CO)C(C)NC(=O)/C=C/c1ccc(Br)s1. The molecule has 1 aromatic heterocycles. The molecule has 0 aliphatic heterocycles. The van der Waals surface area contributed by atoms with Gasteiger partial charge in [-0.15, -0.1) is 11.3 Å². The average Bonchev–Trinajstić information content (AvgIpc) is 2.74. The number of thioether (sulfide) groups is 1. The fourth-order valence-corrected chi connectivity index (χ4v) is 3.33. The van der Waals surface area contributed by atoms with Gasteiger partial charge in [0.2, 0.25) is 5.91 Å². The third-order valence-electron chi connectivity index (χ3n) is 2.40. The van der Waals surface area contributed by atoms with Gasteiger partial charge in [-0.25, -0.2) is 0 Å². The van der Waals surface area contributed by atoms with Crippen LogP contribution in [-0.2, 0) is 4.79 Å². The van der Waals surface area contributed by atoms with Crippen molar-refractivity contribution in [2.24, 2.45) is 0 Å². The first-order valence-electron chi connectivity index (χ1n) is 5.44. The molecule has 0 aliphatic carbocycles. The molecule has 1 rings (SSSR count). The minimum absolute atomic E-state index is 0.0261. The Bertz CT molecular complexity index is 416. The van der Waals surface area contributed by atoms with Crippen molar-refractivity contribution in [1.82, 2.24) is 5.32 Å². The van der Waals surface area contributed by atoms with E-state index < -0.39 is 0 Å². The van der Waals surface area contributed by atoms with E-state index in [1.54, 1.807) is 29.2 Å². The first-order chi connectivity index (χ1) is 8.56. The van der Waals surface area contributed by atoms with Crippen molar-refractivity contribution >= 4 is 51.0 Å². The lowest BCUT2D eigenvalue weighted by molar-refractivity contribution is -0.117. The molecule has 0 aromatic carbocycles. The number of amides is 1. The van der Waals surface area contributed by atoms with Crippen LogP contribution in [0.25, 0.3) is 6.08 Å². The van der Waals surface area contributed by atoms with Crippen LogP contribution in [0.3, 0.4) is 0 Å². The van der Waals surface area contributed by atoms with Crippen LogP contribution in [-0.4, -0.2) is 35.2 Å². The molecule has 0 aliphatic rings. The highest BCUT2D eigenvalue weighted by Crippen LogP contribution is 2.22. The highest BCUT2D eigenvalue weighted by atomic mass is 79.9. The summed E-state index contributed by atoms with van der Waals surface area (Å²) in [5.41, 5.74) is 0. The number of nitrogens with one attached hydrogen (secondary N) is 1. The molecule has 0 saturated heterocycles. The molecule has 0 spiro atoms. The summed E-state index contributed by atoms with van der Waals surface area (Å²) in [4.78, 5) is 12.7. The molecule has 1 aromatic rings. The highest BCUT2D eigenvalue weighted by molar-refractivity contribution is 9.11. The van der Waals surface area contributed by atoms with Gasteiger partial charge in [0.05, 0.1) is 10.4 Å². The summed E-state index contributed by atoms with van der Waals surface area (Å²) >= 11 is 6.49. The van der Waals surface area contributed by atoms with Crippen LogP contribution in [0.15, 0.2) is 22.0 Å². The number of halogens is 1. The minimum Gasteiger partial charge on any atom is -0.395 e. The number of hydrogen-bond donors (Lipinski definition) is 2. The van der Waals surface area contributed by atoms with Gasteiger partial charge in [0.25, 0.3) is 0 Å². The van der Waals surface area contributed by atoms with Crippen molar-refractivity contribution < 1.29 is 9.90 Å². The molecule has 3 nitrogen and oxygen atoms in total. The Morgan fingerprint density at radius 3 is 2.89 bits per heavy atom. The van der Waals surface area contributed by atoms with Gasteiger partial charge in [0.1, 0.15) is 0 Å². The van der Waals surface area contributed by atoms with Gasteiger partial charge in [0, 0.05) is 22.2 Å². The van der Waals surface area contributed by atoms with Crippen LogP contribution in [0.1, 0.15) is 11.8 Å². The highest BCUT2D eigenvalue weighted by Gasteiger charge is 2.15. The van der Waals surface area contributed by atoms with Gasteiger partial charge in [-0.3, -0.25) is 4.79 Å². The topological polar surface area (TPSA) is 49.3 Å². The molecule has 2 N–H and O–H groups in total. The Morgan fingerprint density at radius 1 is 1.67 bits per heavy atom. The Labute approximate surface area is 124 Å². The Hall–Kier alpha value is -0.300. The lowest BCUT2D eigenvalue weighted by atomic mass is 10.2. The molecule has 0 radical (unpaired) electrons. The van der Waals surface area contributed by atoms with E-state index in [1.165, 1.54) is 6.08 Å². The van der Waals surface area contributed by atoms with Gasteiger partial charge >= 0.3 is 0 Å². The summed E-state index contributed by atoms with van der Waals surface area (Å²) < 4.78 is 1.04. The monoisotopic (exact) mass is 349 g/mol. The second-order valence-corrected chi connectivity index (χ2v) is 7.30. The van der Waals surface area contributed by atoms with E-state index in [4.69, 9.17) is 5.11 Å². The predicted octanol–water partition coefficient (Wildman–Crippen LogP) is 2.75. The van der Waals surface area contributed by atoms with Crippen molar-refractivity contribution in [2.45, 2.75) is 18.2 Å². The molecule has 2 unspecified atom stereocenters. The second-order valence-electron chi connectivity index (χ2n) is 3.73. The van der Waals surface area contributed by atoms with Gasteiger partial charge < -0.3 is 10.4 Å². The zero-order chi connectivity index (χ0) is 13.5. The zero-order valence-corrected chi connectivity index (χ0v) is 13.4. The standard InChI is InChI=1S/C12H16BrNO2S2/c1-8(10(7-15)17-2)14-12(16)6-4-9-3-5-11(13)18-9/h3-6,8,10,15H,7H2,1-2H3,(H,14,16)/b6-4+. The fourth-order valence-electron chi connectivity index (χ4n) is 1.38. The lowest BCUT2D eigenvalue weighted by Crippen LogP contribution is -2.40. The predicted molar refractivity (Wildman–Crippen MR) is 83.0 cm³/mol. The van der Waals surface area contributed by atoms with E-state index in [0.29, 0.717) is 0 Å². The van der Waals surface area contributed by atoms with Crippen LogP contribution in [0.5, 0.6) is 0 Å². The molecule has 0 fully saturated rings. The summed E-state index contributed by atoms with van der Waals surface area (Å²) in [6.07, 6.45) is 5.22. The normalized spacial score (nSPS) is 14.7. The van der Waals surface area contributed by atoms with E-state index in [0.717, 1.165) is 8.66 Å². The largest absolute Gasteiger partial charge is 0.395 e. The van der Waals surface area contributed by atoms with Crippen LogP contribution >= 0.6 is 39.0 Å². The molecule has 0 saturated carbocycles. The quantitative estimate of drug-likeness (QED) is 0.776. The maximum atomic E-state index is 11.7.